The van der Waals surface area contributed by atoms with Gasteiger partial charge >= 0.3 is 0 Å². The number of nitrogens with zero attached hydrogens (tertiary/aromatic N) is 4. The topological polar surface area (TPSA) is 130 Å². The first-order valence-electron chi connectivity index (χ1n) is 13.1. The van der Waals surface area contributed by atoms with E-state index in [1.54, 1.807) is 23.0 Å². The number of hydrogen-bond acceptors (Lipinski definition) is 7. The zero-order chi connectivity index (χ0) is 27.4. The van der Waals surface area contributed by atoms with E-state index in [9.17, 15) is 14.4 Å². The Morgan fingerprint density at radius 2 is 1.87 bits per heavy atom. The molecule has 3 heterocycles. The summed E-state index contributed by atoms with van der Waals surface area (Å²) in [6, 6.07) is 13.4. The Balaban J connectivity index is 1.39. The van der Waals surface area contributed by atoms with Crippen LogP contribution < -0.4 is 20.7 Å². The number of amides is 3. The summed E-state index contributed by atoms with van der Waals surface area (Å²) in [5.41, 5.74) is 2.93. The average molecular weight is 532 g/mol. The summed E-state index contributed by atoms with van der Waals surface area (Å²) in [4.78, 5) is 41.6. The molecule has 6 bridgehead atoms. The zero-order valence-electron chi connectivity index (χ0n) is 22.1. The number of nitrogens with one attached hydrogen (secondary N) is 3. The Morgan fingerprint density at radius 3 is 2.69 bits per heavy atom. The number of hydrogen-bond donors (Lipinski definition) is 3. The Hall–Kier alpha value is -4.25. The summed E-state index contributed by atoms with van der Waals surface area (Å²) in [5.74, 6) is -0.165. The molecule has 5 rings (SSSR count). The van der Waals surface area contributed by atoms with E-state index in [-0.39, 0.29) is 30.3 Å². The highest BCUT2D eigenvalue weighted by Crippen LogP contribution is 2.21. The number of carbonyl (C=O) groups excluding carboxylic acids is 3. The van der Waals surface area contributed by atoms with Gasteiger partial charge in [-0.15, -0.1) is 5.10 Å². The Bertz CT molecular complexity index is 1340. The first-order valence-corrected chi connectivity index (χ1v) is 13.1. The molecule has 0 spiro atoms. The van der Waals surface area contributed by atoms with Crippen molar-refractivity contribution in [3.8, 4) is 5.75 Å². The molecule has 11 heteroatoms. The highest BCUT2D eigenvalue weighted by Gasteiger charge is 2.37. The molecule has 0 radical (unpaired) electrons. The minimum Gasteiger partial charge on any atom is -0.491 e. The third-order valence-electron chi connectivity index (χ3n) is 7.16. The van der Waals surface area contributed by atoms with Crippen molar-refractivity contribution in [2.75, 3.05) is 20.2 Å². The molecule has 3 atom stereocenters. The fourth-order valence-electron chi connectivity index (χ4n) is 4.98. The second kappa shape index (κ2) is 11.6. The normalized spacial score (nSPS) is 22.8. The van der Waals surface area contributed by atoms with Crippen molar-refractivity contribution in [3.05, 3.63) is 77.1 Å². The van der Waals surface area contributed by atoms with Gasteiger partial charge in [-0.05, 0) is 43.7 Å². The zero-order valence-corrected chi connectivity index (χ0v) is 22.1. The second-order valence-electron chi connectivity index (χ2n) is 10.1. The van der Waals surface area contributed by atoms with Crippen molar-refractivity contribution < 1.29 is 19.1 Å². The lowest BCUT2D eigenvalue weighted by Gasteiger charge is -2.23. The standard InChI is InChI=1S/C28H33N7O4/c1-18-8-9-20-13-25(18)39-11-10-35-17-22(32-33-35)15-29-27(37)23(12-19-6-4-3-5-7-19)31-28(38)24-14-21(16-34(24)2)30-26(20)36/h3-9,13,17,21,23-24H,10-12,14-16H2,1-2H3,(H,29,37)(H,30,36)(H,31,38)/t21-,23+,24-/m0/s1. The third kappa shape index (κ3) is 6.43. The molecule has 11 nitrogen and oxygen atoms in total. The molecular formula is C28H33N7O4. The van der Waals surface area contributed by atoms with Gasteiger partial charge in [0.2, 0.25) is 11.8 Å². The monoisotopic (exact) mass is 531 g/mol. The van der Waals surface area contributed by atoms with Gasteiger partial charge in [-0.25, -0.2) is 4.68 Å². The number of carbonyl (C=O) groups is 3. The second-order valence-corrected chi connectivity index (χ2v) is 10.1. The lowest BCUT2D eigenvalue weighted by molar-refractivity contribution is -0.131. The van der Waals surface area contributed by atoms with Crippen LogP contribution in [0, 0.1) is 6.92 Å². The predicted molar refractivity (Wildman–Crippen MR) is 143 cm³/mol. The van der Waals surface area contributed by atoms with Gasteiger partial charge in [0.15, 0.2) is 0 Å². The number of aryl methyl sites for hydroxylation is 1. The molecule has 1 fully saturated rings. The third-order valence-corrected chi connectivity index (χ3v) is 7.16. The van der Waals surface area contributed by atoms with Crippen LogP contribution >= 0.6 is 0 Å². The van der Waals surface area contributed by atoms with E-state index in [4.69, 9.17) is 4.74 Å². The van der Waals surface area contributed by atoms with Crippen molar-refractivity contribution in [1.82, 2.24) is 35.8 Å². The Morgan fingerprint density at radius 1 is 1.05 bits per heavy atom. The molecule has 0 saturated carbocycles. The van der Waals surface area contributed by atoms with Gasteiger partial charge in [0, 0.05) is 24.6 Å². The number of likely N-dealkylation sites (N-methyl/N-ethyl adjacent to an activating group) is 1. The molecule has 1 aromatic heterocycles. The number of benzene rings is 2. The smallest absolute Gasteiger partial charge is 0.251 e. The number of rotatable bonds is 2. The summed E-state index contributed by atoms with van der Waals surface area (Å²) in [6.45, 7) is 3.40. The molecule has 204 valence electrons. The molecular weight excluding hydrogens is 498 g/mol. The first kappa shape index (κ1) is 26.4. The van der Waals surface area contributed by atoms with Crippen LogP contribution in [0.5, 0.6) is 5.75 Å². The van der Waals surface area contributed by atoms with Crippen LogP contribution in [0.25, 0.3) is 0 Å². The summed E-state index contributed by atoms with van der Waals surface area (Å²) in [7, 11) is 1.85. The van der Waals surface area contributed by atoms with Crippen LogP contribution in [0.1, 0.15) is 33.6 Å². The molecule has 2 aliphatic rings. The quantitative estimate of drug-likeness (QED) is 0.447. The van der Waals surface area contributed by atoms with E-state index in [1.807, 2.05) is 55.3 Å². The summed E-state index contributed by atoms with van der Waals surface area (Å²) in [6.07, 6.45) is 2.53. The lowest BCUT2D eigenvalue weighted by Crippen LogP contribution is -2.52. The maximum Gasteiger partial charge on any atom is 0.251 e. The number of likely N-dealkylation sites (tertiary alicyclic amines) is 1. The van der Waals surface area contributed by atoms with E-state index in [0.717, 1.165) is 11.1 Å². The van der Waals surface area contributed by atoms with Crippen LogP contribution in [0.3, 0.4) is 0 Å². The summed E-state index contributed by atoms with van der Waals surface area (Å²) < 4.78 is 7.60. The first-order chi connectivity index (χ1) is 18.9. The molecule has 3 amide bonds. The van der Waals surface area contributed by atoms with Gasteiger partial charge < -0.3 is 20.7 Å². The van der Waals surface area contributed by atoms with Crippen LogP contribution in [0.15, 0.2) is 54.7 Å². The predicted octanol–water partition coefficient (Wildman–Crippen LogP) is 0.825. The molecule has 0 unspecified atom stereocenters. The van der Waals surface area contributed by atoms with E-state index < -0.39 is 12.1 Å². The van der Waals surface area contributed by atoms with Crippen LogP contribution in [0.4, 0.5) is 0 Å². The summed E-state index contributed by atoms with van der Waals surface area (Å²) >= 11 is 0. The van der Waals surface area contributed by atoms with E-state index >= 15 is 0 Å². The maximum atomic E-state index is 13.4. The van der Waals surface area contributed by atoms with E-state index in [1.165, 1.54) is 0 Å². The molecule has 3 N–H and O–H groups in total. The van der Waals surface area contributed by atoms with Crippen molar-refractivity contribution in [3.63, 3.8) is 0 Å². The van der Waals surface area contributed by atoms with Crippen molar-refractivity contribution in [1.29, 1.82) is 0 Å². The molecule has 0 aliphatic carbocycles. The van der Waals surface area contributed by atoms with Gasteiger partial charge in [0.05, 0.1) is 25.3 Å². The SMILES string of the molecule is Cc1ccc2cc1OCCn1cc(nn1)CNC(=O)[C@@H](Cc1ccccc1)NC(=O)[C@@H]1C[C@@H](CN1C)NC2=O. The minimum atomic E-state index is -0.776. The fourth-order valence-corrected chi connectivity index (χ4v) is 4.98. The van der Waals surface area contributed by atoms with Crippen LogP contribution in [-0.4, -0.2) is 75.9 Å². The largest absolute Gasteiger partial charge is 0.491 e. The van der Waals surface area contributed by atoms with Crippen molar-refractivity contribution in [2.45, 2.75) is 51.0 Å². The molecule has 2 aromatic carbocycles. The maximum absolute atomic E-state index is 13.4. The van der Waals surface area contributed by atoms with Crippen molar-refractivity contribution in [2.24, 2.45) is 0 Å². The lowest BCUT2D eigenvalue weighted by atomic mass is 10.0. The average Bonchev–Trinajstić information content (AvgIpc) is 3.53. The van der Waals surface area contributed by atoms with Gasteiger partial charge in [-0.2, -0.15) is 0 Å². The number of fused-ring (bicyclic) bond motifs is 6. The summed E-state index contributed by atoms with van der Waals surface area (Å²) in [5, 5.41) is 17.2. The van der Waals surface area contributed by atoms with E-state index in [0.29, 0.717) is 49.5 Å². The minimum absolute atomic E-state index is 0.180. The number of ether oxygens (including phenoxy) is 1. The van der Waals surface area contributed by atoms with Crippen LogP contribution in [0.2, 0.25) is 0 Å². The highest BCUT2D eigenvalue weighted by atomic mass is 16.5. The van der Waals surface area contributed by atoms with Gasteiger partial charge in [-0.1, -0.05) is 41.6 Å². The fraction of sp³-hybridized carbons (Fsp3) is 0.393. The van der Waals surface area contributed by atoms with Gasteiger partial charge in [0.1, 0.15) is 24.1 Å². The van der Waals surface area contributed by atoms with Gasteiger partial charge in [0.25, 0.3) is 5.91 Å². The molecule has 3 aromatic rings. The molecule has 1 saturated heterocycles. The highest BCUT2D eigenvalue weighted by molar-refractivity contribution is 5.95. The Kier molecular flexibility index (Phi) is 7.87. The van der Waals surface area contributed by atoms with Gasteiger partial charge in [-0.3, -0.25) is 19.3 Å². The number of aromatic nitrogens is 3. The molecule has 39 heavy (non-hydrogen) atoms. The van der Waals surface area contributed by atoms with Crippen LogP contribution in [-0.2, 0) is 29.1 Å². The van der Waals surface area contributed by atoms with E-state index in [2.05, 4.69) is 26.3 Å². The molecule has 2 aliphatic heterocycles. The van der Waals surface area contributed by atoms with Crippen molar-refractivity contribution >= 4 is 17.7 Å². The Labute approximate surface area is 226 Å².